The van der Waals surface area contributed by atoms with Gasteiger partial charge in [-0.1, -0.05) is 15.9 Å². The number of benzene rings is 1. The van der Waals surface area contributed by atoms with Gasteiger partial charge in [0.2, 0.25) is 10.0 Å². The van der Waals surface area contributed by atoms with Crippen LogP contribution in [0.5, 0.6) is 0 Å². The van der Waals surface area contributed by atoms with Gasteiger partial charge in [0.05, 0.1) is 4.90 Å². The van der Waals surface area contributed by atoms with Crippen LogP contribution in [0.4, 0.5) is 0 Å². The molecule has 5 nitrogen and oxygen atoms in total. The van der Waals surface area contributed by atoms with E-state index in [0.29, 0.717) is 11.0 Å². The van der Waals surface area contributed by atoms with Crippen LogP contribution < -0.4 is 4.72 Å². The van der Waals surface area contributed by atoms with E-state index >= 15 is 0 Å². The molecule has 0 unspecified atom stereocenters. The molecule has 0 amide bonds. The van der Waals surface area contributed by atoms with Crippen LogP contribution >= 0.6 is 31.9 Å². The highest BCUT2D eigenvalue weighted by Crippen LogP contribution is 2.25. The molecular formula is C13H19Br2N3O2S. The first-order valence-corrected chi connectivity index (χ1v) is 9.81. The van der Waals surface area contributed by atoms with Gasteiger partial charge >= 0.3 is 0 Å². The van der Waals surface area contributed by atoms with Crippen LogP contribution in [-0.2, 0) is 10.0 Å². The van der Waals surface area contributed by atoms with Crippen LogP contribution in [0.15, 0.2) is 32.0 Å². The Kier molecular flexibility index (Phi) is 6.22. The third-order valence-electron chi connectivity index (χ3n) is 3.50. The van der Waals surface area contributed by atoms with E-state index in [0.717, 1.165) is 37.2 Å². The highest BCUT2D eigenvalue weighted by molar-refractivity contribution is 9.11. The van der Waals surface area contributed by atoms with Crippen LogP contribution in [0.25, 0.3) is 0 Å². The second kappa shape index (κ2) is 7.52. The molecule has 0 spiro atoms. The van der Waals surface area contributed by atoms with Crippen molar-refractivity contribution in [2.75, 3.05) is 46.3 Å². The van der Waals surface area contributed by atoms with E-state index in [2.05, 4.69) is 53.4 Å². The van der Waals surface area contributed by atoms with Crippen LogP contribution in [0, 0.1) is 0 Å². The molecule has 1 fully saturated rings. The summed E-state index contributed by atoms with van der Waals surface area (Å²) >= 11 is 6.58. The van der Waals surface area contributed by atoms with E-state index in [1.54, 1.807) is 18.2 Å². The van der Waals surface area contributed by atoms with Crippen molar-refractivity contribution in [2.24, 2.45) is 0 Å². The standard InChI is InChI=1S/C13H19Br2N3O2S/c1-17-6-8-18(9-7-17)5-4-16-21(19,20)13-10-11(14)2-3-12(13)15/h2-3,10,16H,4-9H2,1H3. The van der Waals surface area contributed by atoms with Crippen molar-refractivity contribution >= 4 is 41.9 Å². The molecule has 2 rings (SSSR count). The van der Waals surface area contributed by atoms with Crippen molar-refractivity contribution in [2.45, 2.75) is 4.90 Å². The zero-order valence-corrected chi connectivity index (χ0v) is 15.8. The summed E-state index contributed by atoms with van der Waals surface area (Å²) in [6, 6.07) is 5.12. The molecule has 118 valence electrons. The maximum atomic E-state index is 12.3. The van der Waals surface area contributed by atoms with Crippen LogP contribution in [0.1, 0.15) is 0 Å². The quantitative estimate of drug-likeness (QED) is 0.757. The van der Waals surface area contributed by atoms with Crippen molar-refractivity contribution in [1.29, 1.82) is 0 Å². The molecule has 21 heavy (non-hydrogen) atoms. The molecule has 1 aromatic carbocycles. The Morgan fingerprint density at radius 2 is 1.86 bits per heavy atom. The lowest BCUT2D eigenvalue weighted by Crippen LogP contribution is -2.46. The van der Waals surface area contributed by atoms with Crippen molar-refractivity contribution in [3.8, 4) is 0 Å². The molecular weight excluding hydrogens is 422 g/mol. The Morgan fingerprint density at radius 3 is 2.52 bits per heavy atom. The van der Waals surface area contributed by atoms with Crippen molar-refractivity contribution in [1.82, 2.24) is 14.5 Å². The Morgan fingerprint density at radius 1 is 1.19 bits per heavy atom. The molecule has 0 aliphatic carbocycles. The van der Waals surface area contributed by atoms with Gasteiger partial charge in [0.15, 0.2) is 0 Å². The van der Waals surface area contributed by atoms with Crippen molar-refractivity contribution in [3.05, 3.63) is 27.1 Å². The Hall–Kier alpha value is 0.01000. The number of sulfonamides is 1. The molecule has 0 aromatic heterocycles. The topological polar surface area (TPSA) is 52.6 Å². The minimum atomic E-state index is -3.49. The van der Waals surface area contributed by atoms with Gasteiger partial charge in [-0.05, 0) is 41.2 Å². The predicted molar refractivity (Wildman–Crippen MR) is 91.0 cm³/mol. The molecule has 1 aromatic rings. The second-order valence-corrected chi connectivity index (χ2v) is 8.62. The predicted octanol–water partition coefficient (Wildman–Crippen LogP) is 1.74. The molecule has 0 saturated carbocycles. The summed E-state index contributed by atoms with van der Waals surface area (Å²) < 4.78 is 28.6. The van der Waals surface area contributed by atoms with E-state index in [4.69, 9.17) is 0 Å². The van der Waals surface area contributed by atoms with E-state index in [1.165, 1.54) is 0 Å². The molecule has 1 saturated heterocycles. The number of piperazine rings is 1. The number of nitrogens with zero attached hydrogens (tertiary/aromatic N) is 2. The Labute approximate surface area is 143 Å². The fraction of sp³-hybridized carbons (Fsp3) is 0.538. The third-order valence-corrected chi connectivity index (χ3v) is 6.45. The fourth-order valence-corrected chi connectivity index (χ4v) is 4.69. The van der Waals surface area contributed by atoms with Gasteiger partial charge < -0.3 is 4.90 Å². The Bertz CT molecular complexity index is 587. The van der Waals surface area contributed by atoms with Crippen LogP contribution in [0.3, 0.4) is 0 Å². The maximum absolute atomic E-state index is 12.3. The van der Waals surface area contributed by atoms with Gasteiger partial charge in [-0.25, -0.2) is 13.1 Å². The maximum Gasteiger partial charge on any atom is 0.241 e. The van der Waals surface area contributed by atoms with Gasteiger partial charge in [-0.3, -0.25) is 4.90 Å². The number of nitrogens with one attached hydrogen (secondary N) is 1. The van der Waals surface area contributed by atoms with Crippen molar-refractivity contribution in [3.63, 3.8) is 0 Å². The summed E-state index contributed by atoms with van der Waals surface area (Å²) in [7, 11) is -1.39. The van der Waals surface area contributed by atoms with Gasteiger partial charge in [-0.15, -0.1) is 0 Å². The van der Waals surface area contributed by atoms with Crippen LogP contribution in [-0.4, -0.2) is 64.5 Å². The Balaban J connectivity index is 1.91. The lowest BCUT2D eigenvalue weighted by molar-refractivity contribution is 0.156. The largest absolute Gasteiger partial charge is 0.304 e. The van der Waals surface area contributed by atoms with Gasteiger partial charge in [0, 0.05) is 48.2 Å². The summed E-state index contributed by atoms with van der Waals surface area (Å²) in [5.41, 5.74) is 0. The van der Waals surface area contributed by atoms with E-state index in [9.17, 15) is 8.42 Å². The third kappa shape index (κ3) is 5.01. The average molecular weight is 441 g/mol. The van der Waals surface area contributed by atoms with Crippen LogP contribution in [0.2, 0.25) is 0 Å². The smallest absolute Gasteiger partial charge is 0.241 e. The van der Waals surface area contributed by atoms with E-state index in [-0.39, 0.29) is 4.90 Å². The number of hydrogen-bond donors (Lipinski definition) is 1. The summed E-state index contributed by atoms with van der Waals surface area (Å²) in [5, 5.41) is 0. The van der Waals surface area contributed by atoms with Gasteiger partial charge in [-0.2, -0.15) is 0 Å². The minimum Gasteiger partial charge on any atom is -0.304 e. The number of hydrogen-bond acceptors (Lipinski definition) is 4. The van der Waals surface area contributed by atoms with Gasteiger partial charge in [0.25, 0.3) is 0 Å². The van der Waals surface area contributed by atoms with E-state index < -0.39 is 10.0 Å². The SMILES string of the molecule is CN1CCN(CCNS(=O)(=O)c2cc(Br)ccc2Br)CC1. The lowest BCUT2D eigenvalue weighted by Gasteiger charge is -2.32. The highest BCUT2D eigenvalue weighted by Gasteiger charge is 2.19. The first-order chi connectivity index (χ1) is 9.88. The van der Waals surface area contributed by atoms with Crippen molar-refractivity contribution < 1.29 is 8.42 Å². The molecule has 0 radical (unpaired) electrons. The monoisotopic (exact) mass is 439 g/mol. The second-order valence-electron chi connectivity index (χ2n) is 5.12. The molecule has 1 aliphatic heterocycles. The number of halogens is 2. The fourth-order valence-electron chi connectivity index (χ4n) is 2.17. The summed E-state index contributed by atoms with van der Waals surface area (Å²) in [6.07, 6.45) is 0. The zero-order chi connectivity index (χ0) is 15.5. The lowest BCUT2D eigenvalue weighted by atomic mass is 10.3. The first-order valence-electron chi connectivity index (χ1n) is 6.74. The summed E-state index contributed by atoms with van der Waals surface area (Å²) in [4.78, 5) is 4.81. The molecule has 1 N–H and O–H groups in total. The number of likely N-dealkylation sites (N-methyl/N-ethyl adjacent to an activating group) is 1. The highest BCUT2D eigenvalue weighted by atomic mass is 79.9. The molecule has 1 heterocycles. The summed E-state index contributed by atoms with van der Waals surface area (Å²) in [6.45, 7) is 5.19. The molecule has 8 heteroatoms. The summed E-state index contributed by atoms with van der Waals surface area (Å²) in [5.74, 6) is 0. The first kappa shape index (κ1) is 17.4. The van der Waals surface area contributed by atoms with Gasteiger partial charge in [0.1, 0.15) is 0 Å². The molecule has 0 atom stereocenters. The normalized spacial score (nSPS) is 18.0. The minimum absolute atomic E-state index is 0.259. The van der Waals surface area contributed by atoms with E-state index in [1.807, 2.05) is 0 Å². The average Bonchev–Trinajstić information content (AvgIpc) is 2.43. The molecule has 0 bridgehead atoms. The molecule has 1 aliphatic rings. The number of rotatable bonds is 5. The zero-order valence-electron chi connectivity index (χ0n) is 11.8.